The molecule has 4 aromatic rings. The molecule has 5 rings (SSSR count). The minimum atomic E-state index is -0.0573. The van der Waals surface area contributed by atoms with Crippen molar-refractivity contribution in [2.24, 2.45) is 0 Å². The van der Waals surface area contributed by atoms with Crippen LogP contribution in [0, 0.1) is 6.92 Å². The van der Waals surface area contributed by atoms with Crippen molar-refractivity contribution in [3.63, 3.8) is 0 Å². The van der Waals surface area contributed by atoms with E-state index >= 15 is 0 Å². The first-order chi connectivity index (χ1) is 15.0. The highest BCUT2D eigenvalue weighted by Gasteiger charge is 2.32. The third kappa shape index (κ3) is 3.62. The number of thiophene rings is 1. The SMILES string of the molecule is CNC(=O)c1sc2ccccc2c1C[C@@H]1CCCN1C(=O)c1ccc2nc(C)sc2c1. The van der Waals surface area contributed by atoms with Crippen molar-refractivity contribution in [3.8, 4) is 0 Å². The van der Waals surface area contributed by atoms with Crippen LogP contribution in [-0.2, 0) is 6.42 Å². The fraction of sp³-hybridized carbons (Fsp3) is 0.292. The fourth-order valence-corrected chi connectivity index (χ4v) is 6.53. The number of carbonyl (C=O) groups excluding carboxylic acids is 2. The number of hydrogen-bond donors (Lipinski definition) is 1. The Balaban J connectivity index is 1.47. The largest absolute Gasteiger partial charge is 0.354 e. The Morgan fingerprint density at radius 1 is 1.16 bits per heavy atom. The van der Waals surface area contributed by atoms with Gasteiger partial charge in [-0.1, -0.05) is 18.2 Å². The maximum Gasteiger partial charge on any atom is 0.261 e. The summed E-state index contributed by atoms with van der Waals surface area (Å²) in [7, 11) is 1.67. The molecule has 0 unspecified atom stereocenters. The van der Waals surface area contributed by atoms with Gasteiger partial charge in [0.2, 0.25) is 0 Å². The molecule has 2 aromatic heterocycles. The second kappa shape index (κ2) is 8.05. The molecule has 1 N–H and O–H groups in total. The number of rotatable bonds is 4. The standard InChI is InChI=1S/C24H23N3O2S2/c1-14-26-19-10-9-15(12-21(19)30-14)24(29)27-11-5-6-16(27)13-18-17-7-3-4-8-20(17)31-22(18)23(28)25-2/h3-4,7-10,12,16H,5-6,11,13H2,1-2H3,(H,25,28)/t16-/m0/s1. The third-order valence-corrected chi connectivity index (χ3v) is 8.10. The summed E-state index contributed by atoms with van der Waals surface area (Å²) in [5, 5.41) is 4.89. The van der Waals surface area contributed by atoms with Gasteiger partial charge in [-0.15, -0.1) is 22.7 Å². The summed E-state index contributed by atoms with van der Waals surface area (Å²) in [6, 6.07) is 14.0. The zero-order valence-electron chi connectivity index (χ0n) is 17.5. The van der Waals surface area contributed by atoms with Gasteiger partial charge in [0, 0.05) is 29.9 Å². The number of aryl methyl sites for hydroxylation is 1. The summed E-state index contributed by atoms with van der Waals surface area (Å²) in [6.07, 6.45) is 2.63. The van der Waals surface area contributed by atoms with E-state index in [9.17, 15) is 9.59 Å². The Labute approximate surface area is 188 Å². The summed E-state index contributed by atoms with van der Waals surface area (Å²) in [5.41, 5.74) is 2.71. The fourth-order valence-electron chi connectivity index (χ4n) is 4.49. The van der Waals surface area contributed by atoms with E-state index in [4.69, 9.17) is 0 Å². The van der Waals surface area contributed by atoms with Crippen LogP contribution >= 0.6 is 22.7 Å². The Kier molecular flexibility index (Phi) is 5.24. The molecule has 2 amide bonds. The lowest BCUT2D eigenvalue weighted by molar-refractivity contribution is 0.0737. The third-order valence-electron chi connectivity index (χ3n) is 5.95. The van der Waals surface area contributed by atoms with Crippen LogP contribution in [0.5, 0.6) is 0 Å². The molecule has 7 heteroatoms. The van der Waals surface area contributed by atoms with Crippen LogP contribution in [-0.4, -0.2) is 41.3 Å². The Bertz CT molecular complexity index is 1310. The highest BCUT2D eigenvalue weighted by Crippen LogP contribution is 2.35. The smallest absolute Gasteiger partial charge is 0.261 e. The number of amides is 2. The molecule has 5 nitrogen and oxygen atoms in total. The van der Waals surface area contributed by atoms with Gasteiger partial charge in [0.15, 0.2) is 0 Å². The van der Waals surface area contributed by atoms with E-state index in [-0.39, 0.29) is 17.9 Å². The quantitative estimate of drug-likeness (QED) is 0.475. The van der Waals surface area contributed by atoms with Gasteiger partial charge >= 0.3 is 0 Å². The highest BCUT2D eigenvalue weighted by atomic mass is 32.1. The summed E-state index contributed by atoms with van der Waals surface area (Å²) in [6.45, 7) is 2.73. The number of likely N-dealkylation sites (tertiary alicyclic amines) is 1. The number of nitrogens with zero attached hydrogens (tertiary/aromatic N) is 2. The molecule has 3 heterocycles. The summed E-state index contributed by atoms with van der Waals surface area (Å²) < 4.78 is 2.16. The average molecular weight is 450 g/mol. The van der Waals surface area contributed by atoms with Crippen molar-refractivity contribution >= 4 is 54.8 Å². The van der Waals surface area contributed by atoms with Gasteiger partial charge in [-0.3, -0.25) is 9.59 Å². The molecule has 0 radical (unpaired) electrons. The molecule has 158 valence electrons. The Morgan fingerprint density at radius 2 is 2.00 bits per heavy atom. The highest BCUT2D eigenvalue weighted by molar-refractivity contribution is 7.21. The lowest BCUT2D eigenvalue weighted by Crippen LogP contribution is -2.37. The summed E-state index contributed by atoms with van der Waals surface area (Å²) in [5.74, 6) is 0.00886. The number of hydrogen-bond acceptors (Lipinski definition) is 5. The van der Waals surface area contributed by atoms with Crippen molar-refractivity contribution in [2.45, 2.75) is 32.2 Å². The van der Waals surface area contributed by atoms with Crippen molar-refractivity contribution in [1.82, 2.24) is 15.2 Å². The van der Waals surface area contributed by atoms with Crippen LogP contribution in [0.1, 0.15) is 43.4 Å². The van der Waals surface area contributed by atoms with Crippen molar-refractivity contribution in [3.05, 3.63) is 63.5 Å². The average Bonchev–Trinajstić information content (AvgIpc) is 3.49. The normalized spacial score (nSPS) is 16.3. The van der Waals surface area contributed by atoms with Crippen LogP contribution in [0.2, 0.25) is 0 Å². The molecular weight excluding hydrogens is 426 g/mol. The molecule has 0 saturated carbocycles. The van der Waals surface area contributed by atoms with E-state index in [1.54, 1.807) is 18.4 Å². The molecule has 0 aliphatic carbocycles. The monoisotopic (exact) mass is 449 g/mol. The number of thiazole rings is 1. The molecular formula is C24H23N3O2S2. The molecule has 1 fully saturated rings. The number of nitrogens with one attached hydrogen (secondary N) is 1. The van der Waals surface area contributed by atoms with Gasteiger partial charge in [0.25, 0.3) is 11.8 Å². The minimum Gasteiger partial charge on any atom is -0.354 e. The second-order valence-corrected chi connectivity index (χ2v) is 10.2. The first-order valence-electron chi connectivity index (χ1n) is 10.5. The zero-order valence-corrected chi connectivity index (χ0v) is 19.1. The van der Waals surface area contributed by atoms with Crippen molar-refractivity contribution in [2.75, 3.05) is 13.6 Å². The lowest BCUT2D eigenvalue weighted by atomic mass is 10.00. The zero-order chi connectivity index (χ0) is 21.5. The summed E-state index contributed by atoms with van der Waals surface area (Å²) in [4.78, 5) is 33.2. The number of fused-ring (bicyclic) bond motifs is 2. The van der Waals surface area contributed by atoms with Crippen LogP contribution in [0.4, 0.5) is 0 Å². The van der Waals surface area contributed by atoms with Crippen molar-refractivity contribution in [1.29, 1.82) is 0 Å². The Morgan fingerprint density at radius 3 is 2.84 bits per heavy atom. The van der Waals surface area contributed by atoms with E-state index in [0.29, 0.717) is 12.0 Å². The van der Waals surface area contributed by atoms with Gasteiger partial charge in [0.1, 0.15) is 0 Å². The molecule has 0 bridgehead atoms. The maximum atomic E-state index is 13.4. The number of carbonyl (C=O) groups is 2. The van der Waals surface area contributed by atoms with E-state index in [1.165, 1.54) is 11.3 Å². The van der Waals surface area contributed by atoms with E-state index in [1.807, 2.05) is 42.2 Å². The first-order valence-corrected chi connectivity index (χ1v) is 12.1. The second-order valence-electron chi connectivity index (χ2n) is 7.90. The molecule has 1 aliphatic rings. The predicted octanol–water partition coefficient (Wildman–Crippen LogP) is 5.03. The molecule has 0 spiro atoms. The van der Waals surface area contributed by atoms with Crippen LogP contribution in [0.15, 0.2) is 42.5 Å². The summed E-state index contributed by atoms with van der Waals surface area (Å²) >= 11 is 3.14. The van der Waals surface area contributed by atoms with E-state index < -0.39 is 0 Å². The van der Waals surface area contributed by atoms with Gasteiger partial charge in [0.05, 0.1) is 20.1 Å². The van der Waals surface area contributed by atoms with Gasteiger partial charge in [-0.2, -0.15) is 0 Å². The molecule has 1 atom stereocenters. The van der Waals surface area contributed by atoms with Crippen molar-refractivity contribution < 1.29 is 9.59 Å². The molecule has 1 aliphatic heterocycles. The van der Waals surface area contributed by atoms with Crippen LogP contribution < -0.4 is 5.32 Å². The number of aromatic nitrogens is 1. The Hall–Kier alpha value is -2.77. The van der Waals surface area contributed by atoms with Gasteiger partial charge in [-0.25, -0.2) is 4.98 Å². The first kappa shape index (κ1) is 20.2. The van der Waals surface area contributed by atoms with Gasteiger partial charge < -0.3 is 10.2 Å². The molecule has 1 saturated heterocycles. The van der Waals surface area contributed by atoms with Crippen LogP contribution in [0.25, 0.3) is 20.3 Å². The maximum absolute atomic E-state index is 13.4. The minimum absolute atomic E-state index is 0.0573. The predicted molar refractivity (Wildman–Crippen MR) is 127 cm³/mol. The molecule has 31 heavy (non-hydrogen) atoms. The van der Waals surface area contributed by atoms with E-state index in [2.05, 4.69) is 22.4 Å². The van der Waals surface area contributed by atoms with Gasteiger partial charge in [-0.05, 0) is 61.4 Å². The number of benzene rings is 2. The lowest BCUT2D eigenvalue weighted by Gasteiger charge is -2.25. The van der Waals surface area contributed by atoms with E-state index in [0.717, 1.165) is 55.1 Å². The molecule has 2 aromatic carbocycles. The van der Waals surface area contributed by atoms with Crippen LogP contribution in [0.3, 0.4) is 0 Å². The topological polar surface area (TPSA) is 62.3 Å².